The second kappa shape index (κ2) is 4.61. The first-order valence-corrected chi connectivity index (χ1v) is 4.43. The van der Waals surface area contributed by atoms with E-state index in [9.17, 15) is 8.78 Å². The standard InChI is InChI=1S/C9H14F2N2O/c1-9(10,11)6-14-8-3-2-7(4-12)5-13-8/h2,5,8H,3-4,6,12H2,1H3. The zero-order valence-corrected chi connectivity index (χ0v) is 8.04. The highest BCUT2D eigenvalue weighted by Gasteiger charge is 2.23. The van der Waals surface area contributed by atoms with Crippen molar-refractivity contribution in [1.29, 1.82) is 0 Å². The minimum absolute atomic E-state index is 0.417. The number of alkyl halides is 2. The summed E-state index contributed by atoms with van der Waals surface area (Å²) in [5, 5.41) is 0. The molecule has 0 spiro atoms. The van der Waals surface area contributed by atoms with Gasteiger partial charge in [0.1, 0.15) is 6.61 Å². The Bertz CT molecular complexity index is 246. The average Bonchev–Trinajstić information content (AvgIpc) is 2.14. The predicted molar refractivity (Wildman–Crippen MR) is 50.6 cm³/mol. The van der Waals surface area contributed by atoms with Crippen molar-refractivity contribution in [3.05, 3.63) is 11.6 Å². The summed E-state index contributed by atoms with van der Waals surface area (Å²) in [5.41, 5.74) is 6.28. The molecule has 0 radical (unpaired) electrons. The van der Waals surface area contributed by atoms with E-state index in [1.54, 1.807) is 6.21 Å². The molecule has 1 heterocycles. The lowest BCUT2D eigenvalue weighted by molar-refractivity contribution is -0.0844. The van der Waals surface area contributed by atoms with Crippen LogP contribution in [0.2, 0.25) is 0 Å². The van der Waals surface area contributed by atoms with Crippen molar-refractivity contribution in [2.45, 2.75) is 25.5 Å². The maximum absolute atomic E-state index is 12.4. The molecule has 0 aromatic carbocycles. The number of nitrogens with zero attached hydrogens (tertiary/aromatic N) is 1. The Morgan fingerprint density at radius 1 is 1.71 bits per heavy atom. The first-order chi connectivity index (χ1) is 6.51. The molecule has 1 aliphatic rings. The SMILES string of the molecule is CC(F)(F)COC1CC=C(CN)C=N1. The van der Waals surface area contributed by atoms with Crippen LogP contribution in [0.25, 0.3) is 0 Å². The number of dihydropyridines is 1. The average molecular weight is 204 g/mol. The van der Waals surface area contributed by atoms with Crippen LogP contribution in [0.4, 0.5) is 8.78 Å². The summed E-state index contributed by atoms with van der Waals surface area (Å²) in [6, 6.07) is 0. The maximum Gasteiger partial charge on any atom is 0.268 e. The Kier molecular flexibility index (Phi) is 3.71. The number of rotatable bonds is 4. The molecule has 0 saturated carbocycles. The van der Waals surface area contributed by atoms with E-state index in [2.05, 4.69) is 4.99 Å². The number of hydrogen-bond donors (Lipinski definition) is 1. The van der Waals surface area contributed by atoms with E-state index < -0.39 is 18.8 Å². The summed E-state index contributed by atoms with van der Waals surface area (Å²) in [7, 11) is 0. The first kappa shape index (κ1) is 11.3. The number of hydrogen-bond acceptors (Lipinski definition) is 3. The zero-order valence-electron chi connectivity index (χ0n) is 8.04. The molecular formula is C9H14F2N2O. The molecule has 0 saturated heterocycles. The van der Waals surface area contributed by atoms with Gasteiger partial charge in [-0.15, -0.1) is 0 Å². The molecule has 0 bridgehead atoms. The van der Waals surface area contributed by atoms with Crippen molar-refractivity contribution >= 4 is 6.21 Å². The van der Waals surface area contributed by atoms with E-state index in [-0.39, 0.29) is 0 Å². The van der Waals surface area contributed by atoms with Gasteiger partial charge in [-0.05, 0) is 5.57 Å². The lowest BCUT2D eigenvalue weighted by Crippen LogP contribution is -2.24. The van der Waals surface area contributed by atoms with Gasteiger partial charge in [0.15, 0.2) is 6.23 Å². The van der Waals surface area contributed by atoms with Crippen LogP contribution in [0.3, 0.4) is 0 Å². The Morgan fingerprint density at radius 3 is 2.86 bits per heavy atom. The third-order valence-electron chi connectivity index (χ3n) is 1.75. The van der Waals surface area contributed by atoms with Gasteiger partial charge in [-0.1, -0.05) is 6.08 Å². The molecule has 0 aliphatic carbocycles. The third-order valence-corrected chi connectivity index (χ3v) is 1.75. The van der Waals surface area contributed by atoms with E-state index in [1.165, 1.54) is 0 Å². The van der Waals surface area contributed by atoms with Crippen LogP contribution in [0.1, 0.15) is 13.3 Å². The Balaban J connectivity index is 2.31. The molecule has 1 rings (SSSR count). The Morgan fingerprint density at radius 2 is 2.43 bits per heavy atom. The molecule has 1 unspecified atom stereocenters. The molecule has 80 valence electrons. The van der Waals surface area contributed by atoms with Crippen LogP contribution in [0, 0.1) is 0 Å². The minimum Gasteiger partial charge on any atom is -0.350 e. The quantitative estimate of drug-likeness (QED) is 0.751. The maximum atomic E-state index is 12.4. The van der Waals surface area contributed by atoms with Gasteiger partial charge >= 0.3 is 0 Å². The molecule has 3 nitrogen and oxygen atoms in total. The van der Waals surface area contributed by atoms with Crippen molar-refractivity contribution in [3.63, 3.8) is 0 Å². The van der Waals surface area contributed by atoms with Gasteiger partial charge in [-0.3, -0.25) is 4.99 Å². The number of ether oxygens (including phenoxy) is 1. The normalized spacial score (nSPS) is 22.3. The van der Waals surface area contributed by atoms with Gasteiger partial charge < -0.3 is 10.5 Å². The van der Waals surface area contributed by atoms with Gasteiger partial charge in [-0.2, -0.15) is 0 Å². The van der Waals surface area contributed by atoms with Gasteiger partial charge in [0, 0.05) is 26.1 Å². The van der Waals surface area contributed by atoms with Crippen LogP contribution in [-0.2, 0) is 4.74 Å². The molecular weight excluding hydrogens is 190 g/mol. The van der Waals surface area contributed by atoms with Gasteiger partial charge in [0.25, 0.3) is 5.92 Å². The summed E-state index contributed by atoms with van der Waals surface area (Å²) < 4.78 is 29.7. The monoisotopic (exact) mass is 204 g/mol. The minimum atomic E-state index is -2.80. The van der Waals surface area contributed by atoms with E-state index in [4.69, 9.17) is 10.5 Å². The smallest absolute Gasteiger partial charge is 0.268 e. The number of halogens is 2. The zero-order chi connectivity index (χ0) is 10.6. The molecule has 5 heteroatoms. The number of aliphatic imine (C=N–C) groups is 1. The molecule has 1 aliphatic heterocycles. The van der Waals surface area contributed by atoms with Crippen molar-refractivity contribution in [1.82, 2.24) is 0 Å². The molecule has 0 aromatic heterocycles. The van der Waals surface area contributed by atoms with E-state index >= 15 is 0 Å². The predicted octanol–water partition coefficient (Wildman–Crippen LogP) is 1.34. The summed E-state index contributed by atoms with van der Waals surface area (Å²) in [6.45, 7) is 0.641. The molecule has 0 aromatic rings. The highest BCUT2D eigenvalue weighted by Crippen LogP contribution is 2.16. The summed E-state index contributed by atoms with van der Waals surface area (Å²) in [5.74, 6) is -2.80. The van der Waals surface area contributed by atoms with Crippen LogP contribution in [0.15, 0.2) is 16.6 Å². The lowest BCUT2D eigenvalue weighted by atomic mass is 10.2. The summed E-state index contributed by atoms with van der Waals surface area (Å²) >= 11 is 0. The van der Waals surface area contributed by atoms with E-state index in [0.717, 1.165) is 12.5 Å². The second-order valence-electron chi connectivity index (χ2n) is 3.33. The van der Waals surface area contributed by atoms with Crippen LogP contribution < -0.4 is 5.73 Å². The topological polar surface area (TPSA) is 47.6 Å². The molecule has 0 fully saturated rings. The van der Waals surface area contributed by atoms with Crippen molar-refractivity contribution in [2.75, 3.05) is 13.2 Å². The Labute approximate surface area is 81.6 Å². The Hall–Kier alpha value is -0.810. The summed E-state index contributed by atoms with van der Waals surface area (Å²) in [4.78, 5) is 3.96. The van der Waals surface area contributed by atoms with Crippen molar-refractivity contribution < 1.29 is 13.5 Å². The van der Waals surface area contributed by atoms with E-state index in [1.807, 2.05) is 6.08 Å². The van der Waals surface area contributed by atoms with Crippen molar-refractivity contribution in [3.8, 4) is 0 Å². The highest BCUT2D eigenvalue weighted by atomic mass is 19.3. The number of nitrogens with two attached hydrogens (primary N) is 1. The largest absolute Gasteiger partial charge is 0.350 e. The summed E-state index contributed by atoms with van der Waals surface area (Å²) in [6.07, 6.45) is 3.45. The van der Waals surface area contributed by atoms with Gasteiger partial charge in [0.05, 0.1) is 0 Å². The van der Waals surface area contributed by atoms with Crippen LogP contribution in [-0.4, -0.2) is 31.5 Å². The van der Waals surface area contributed by atoms with Crippen molar-refractivity contribution in [2.24, 2.45) is 10.7 Å². The molecule has 2 N–H and O–H groups in total. The second-order valence-corrected chi connectivity index (χ2v) is 3.33. The van der Waals surface area contributed by atoms with Crippen LogP contribution >= 0.6 is 0 Å². The van der Waals surface area contributed by atoms with Gasteiger partial charge in [0.2, 0.25) is 0 Å². The van der Waals surface area contributed by atoms with Gasteiger partial charge in [-0.25, -0.2) is 8.78 Å². The van der Waals surface area contributed by atoms with Crippen LogP contribution in [0.5, 0.6) is 0 Å². The third kappa shape index (κ3) is 3.93. The molecule has 0 amide bonds. The van der Waals surface area contributed by atoms with E-state index in [0.29, 0.717) is 13.0 Å². The fourth-order valence-electron chi connectivity index (χ4n) is 1.03. The lowest BCUT2D eigenvalue weighted by Gasteiger charge is -2.18. The molecule has 14 heavy (non-hydrogen) atoms. The highest BCUT2D eigenvalue weighted by molar-refractivity contribution is 5.79. The first-order valence-electron chi connectivity index (χ1n) is 4.43. The fraction of sp³-hybridized carbons (Fsp3) is 0.667. The molecule has 1 atom stereocenters. The fourth-order valence-corrected chi connectivity index (χ4v) is 1.03.